The lowest BCUT2D eigenvalue weighted by molar-refractivity contribution is -0.126. The van der Waals surface area contributed by atoms with Crippen molar-refractivity contribution in [2.45, 2.75) is 25.9 Å². The Morgan fingerprint density at radius 2 is 1.96 bits per heavy atom. The second-order valence-electron chi connectivity index (χ2n) is 5.70. The van der Waals surface area contributed by atoms with Crippen molar-refractivity contribution in [2.75, 3.05) is 11.4 Å². The SMILES string of the molecule is CCCCN1C(=O)C(OC(=O)c2ccccc2)c2cc(Cl)ccc21. The van der Waals surface area contributed by atoms with Crippen LogP contribution in [-0.4, -0.2) is 18.4 Å². The molecule has 5 heteroatoms. The number of carbonyl (C=O) groups excluding carboxylic acids is 2. The molecular weight excluding hydrogens is 326 g/mol. The van der Waals surface area contributed by atoms with Crippen LogP contribution < -0.4 is 4.90 Å². The molecule has 0 aliphatic carbocycles. The highest BCUT2D eigenvalue weighted by atomic mass is 35.5. The number of anilines is 1. The summed E-state index contributed by atoms with van der Waals surface area (Å²) < 4.78 is 5.51. The summed E-state index contributed by atoms with van der Waals surface area (Å²) in [5.41, 5.74) is 1.83. The summed E-state index contributed by atoms with van der Waals surface area (Å²) in [5, 5.41) is 0.514. The summed E-state index contributed by atoms with van der Waals surface area (Å²) in [4.78, 5) is 26.8. The quantitative estimate of drug-likeness (QED) is 0.757. The number of amides is 1. The smallest absolute Gasteiger partial charge is 0.339 e. The van der Waals surface area contributed by atoms with Crippen molar-refractivity contribution in [3.8, 4) is 0 Å². The minimum atomic E-state index is -0.941. The molecule has 0 saturated heterocycles. The van der Waals surface area contributed by atoms with Gasteiger partial charge >= 0.3 is 5.97 Å². The molecule has 0 fully saturated rings. The van der Waals surface area contributed by atoms with Gasteiger partial charge < -0.3 is 9.64 Å². The molecule has 1 aliphatic heterocycles. The highest BCUT2D eigenvalue weighted by Crippen LogP contribution is 2.40. The number of ether oxygens (including phenoxy) is 1. The van der Waals surface area contributed by atoms with Gasteiger partial charge in [0.2, 0.25) is 6.10 Å². The van der Waals surface area contributed by atoms with Gasteiger partial charge in [-0.05, 0) is 36.8 Å². The Morgan fingerprint density at radius 1 is 1.21 bits per heavy atom. The minimum Gasteiger partial charge on any atom is -0.444 e. The van der Waals surface area contributed by atoms with E-state index in [1.807, 2.05) is 12.1 Å². The van der Waals surface area contributed by atoms with Crippen molar-refractivity contribution in [3.63, 3.8) is 0 Å². The number of halogens is 1. The lowest BCUT2D eigenvalue weighted by Gasteiger charge is -2.17. The number of fused-ring (bicyclic) bond motifs is 1. The Balaban J connectivity index is 1.89. The molecule has 1 unspecified atom stereocenters. The lowest BCUT2D eigenvalue weighted by Crippen LogP contribution is -2.31. The number of nitrogens with zero attached hydrogens (tertiary/aromatic N) is 1. The van der Waals surface area contributed by atoms with Crippen LogP contribution in [0.1, 0.15) is 41.8 Å². The Bertz CT molecular complexity index is 760. The van der Waals surface area contributed by atoms with Crippen molar-refractivity contribution in [1.29, 1.82) is 0 Å². The number of carbonyl (C=O) groups is 2. The van der Waals surface area contributed by atoms with Gasteiger partial charge in [0.05, 0.1) is 11.3 Å². The molecule has 1 aliphatic rings. The second kappa shape index (κ2) is 7.05. The number of hydrogen-bond donors (Lipinski definition) is 0. The molecular formula is C19H18ClNO3. The lowest BCUT2D eigenvalue weighted by atomic mass is 10.1. The first-order valence-corrected chi connectivity index (χ1v) is 8.36. The maximum absolute atomic E-state index is 12.8. The Labute approximate surface area is 146 Å². The molecule has 24 heavy (non-hydrogen) atoms. The van der Waals surface area contributed by atoms with Gasteiger partial charge in [0.15, 0.2) is 0 Å². The number of hydrogen-bond acceptors (Lipinski definition) is 3. The van der Waals surface area contributed by atoms with Crippen molar-refractivity contribution < 1.29 is 14.3 Å². The summed E-state index contributed by atoms with van der Waals surface area (Å²) in [6.45, 7) is 2.67. The van der Waals surface area contributed by atoms with E-state index < -0.39 is 12.1 Å². The summed E-state index contributed by atoms with van der Waals surface area (Å²) in [7, 11) is 0. The summed E-state index contributed by atoms with van der Waals surface area (Å²) in [6, 6.07) is 13.9. The largest absolute Gasteiger partial charge is 0.444 e. The van der Waals surface area contributed by atoms with Gasteiger partial charge in [0.25, 0.3) is 5.91 Å². The zero-order valence-corrected chi connectivity index (χ0v) is 14.1. The normalized spacial score (nSPS) is 16.2. The monoisotopic (exact) mass is 343 g/mol. The van der Waals surface area contributed by atoms with Crippen LogP contribution in [0, 0.1) is 0 Å². The fourth-order valence-electron chi connectivity index (χ4n) is 2.78. The number of esters is 1. The highest BCUT2D eigenvalue weighted by molar-refractivity contribution is 6.31. The molecule has 2 aromatic carbocycles. The van der Waals surface area contributed by atoms with Crippen molar-refractivity contribution in [1.82, 2.24) is 0 Å². The van der Waals surface area contributed by atoms with Gasteiger partial charge in [-0.25, -0.2) is 4.79 Å². The topological polar surface area (TPSA) is 46.6 Å². The summed E-state index contributed by atoms with van der Waals surface area (Å²) in [5.74, 6) is -0.734. The molecule has 1 amide bonds. The average molecular weight is 344 g/mol. The van der Waals surface area contributed by atoms with Crippen LogP contribution in [0.5, 0.6) is 0 Å². The van der Waals surface area contributed by atoms with Gasteiger partial charge in [-0.15, -0.1) is 0 Å². The van der Waals surface area contributed by atoms with E-state index in [0.29, 0.717) is 22.7 Å². The molecule has 0 spiro atoms. The average Bonchev–Trinajstić information content (AvgIpc) is 2.85. The number of rotatable bonds is 5. The van der Waals surface area contributed by atoms with Crippen molar-refractivity contribution >= 4 is 29.2 Å². The third-order valence-electron chi connectivity index (χ3n) is 4.02. The Hall–Kier alpha value is -2.33. The third-order valence-corrected chi connectivity index (χ3v) is 4.26. The van der Waals surface area contributed by atoms with Gasteiger partial charge in [0.1, 0.15) is 0 Å². The maximum atomic E-state index is 12.8. The number of unbranched alkanes of at least 4 members (excludes halogenated alkanes) is 1. The van der Waals surface area contributed by atoms with Crippen molar-refractivity contribution in [2.24, 2.45) is 0 Å². The summed E-state index contributed by atoms with van der Waals surface area (Å²) >= 11 is 6.07. The predicted octanol–water partition coefficient (Wildman–Crippen LogP) is 4.38. The van der Waals surface area contributed by atoms with E-state index in [1.54, 1.807) is 41.3 Å². The molecule has 1 atom stereocenters. The third kappa shape index (κ3) is 3.15. The van der Waals surface area contributed by atoms with E-state index >= 15 is 0 Å². The van der Waals surface area contributed by atoms with Gasteiger partial charge in [-0.2, -0.15) is 0 Å². The molecule has 4 nitrogen and oxygen atoms in total. The van der Waals surface area contributed by atoms with Crippen LogP contribution in [0.4, 0.5) is 5.69 Å². The van der Waals surface area contributed by atoms with Crippen LogP contribution in [0.2, 0.25) is 5.02 Å². The Morgan fingerprint density at radius 3 is 2.67 bits per heavy atom. The van der Waals surface area contributed by atoms with Gasteiger partial charge in [-0.1, -0.05) is 43.1 Å². The first kappa shape index (κ1) is 16.5. The molecule has 3 rings (SSSR count). The van der Waals surface area contributed by atoms with Gasteiger partial charge in [-0.3, -0.25) is 4.79 Å². The van der Waals surface area contributed by atoms with E-state index in [0.717, 1.165) is 18.5 Å². The summed E-state index contributed by atoms with van der Waals surface area (Å²) in [6.07, 6.45) is 0.914. The molecule has 0 radical (unpaired) electrons. The molecule has 0 N–H and O–H groups in total. The van der Waals surface area contributed by atoms with Crippen LogP contribution in [-0.2, 0) is 9.53 Å². The predicted molar refractivity (Wildman–Crippen MR) is 93.3 cm³/mol. The second-order valence-corrected chi connectivity index (χ2v) is 6.13. The fraction of sp³-hybridized carbons (Fsp3) is 0.263. The van der Waals surface area contributed by atoms with Gasteiger partial charge in [0, 0.05) is 17.1 Å². The van der Waals surface area contributed by atoms with Crippen LogP contribution in [0.3, 0.4) is 0 Å². The number of benzene rings is 2. The molecule has 124 valence electrons. The van der Waals surface area contributed by atoms with Crippen molar-refractivity contribution in [3.05, 3.63) is 64.7 Å². The fourth-order valence-corrected chi connectivity index (χ4v) is 2.97. The molecule has 0 aromatic heterocycles. The molecule has 0 bridgehead atoms. The standard InChI is InChI=1S/C19H18ClNO3/c1-2-3-11-21-16-10-9-14(20)12-15(16)17(18(21)22)24-19(23)13-7-5-4-6-8-13/h4-10,12,17H,2-3,11H2,1H3. The molecule has 0 saturated carbocycles. The van der Waals surface area contributed by atoms with E-state index in [-0.39, 0.29) is 5.91 Å². The zero-order valence-electron chi connectivity index (χ0n) is 13.4. The highest BCUT2D eigenvalue weighted by Gasteiger charge is 2.40. The van der Waals surface area contributed by atoms with E-state index in [9.17, 15) is 9.59 Å². The maximum Gasteiger partial charge on any atom is 0.339 e. The Kier molecular flexibility index (Phi) is 4.86. The first-order valence-electron chi connectivity index (χ1n) is 7.98. The van der Waals surface area contributed by atoms with E-state index in [4.69, 9.17) is 16.3 Å². The van der Waals surface area contributed by atoms with E-state index in [2.05, 4.69) is 6.92 Å². The van der Waals surface area contributed by atoms with Crippen LogP contribution in [0.15, 0.2) is 48.5 Å². The first-order chi connectivity index (χ1) is 11.6. The minimum absolute atomic E-state index is 0.218. The van der Waals surface area contributed by atoms with Crippen LogP contribution >= 0.6 is 11.6 Å². The van der Waals surface area contributed by atoms with Crippen LogP contribution in [0.25, 0.3) is 0 Å². The molecule has 2 aromatic rings. The zero-order chi connectivity index (χ0) is 17.1. The molecule has 1 heterocycles. The van der Waals surface area contributed by atoms with E-state index in [1.165, 1.54) is 0 Å².